The molecule has 0 radical (unpaired) electrons. The normalized spacial score (nSPS) is 10.7. The van der Waals surface area contributed by atoms with Gasteiger partial charge in [-0.25, -0.2) is 9.07 Å². The lowest BCUT2D eigenvalue weighted by molar-refractivity contribution is -0.117. The SMILES string of the molecule is Cc1cc(C)c(NC(=O)c2nnn(CC(=O)Nc3ccc(C)c(F)c3)c2C)c(C)c1. The fourth-order valence-corrected chi connectivity index (χ4v) is 3.28. The summed E-state index contributed by atoms with van der Waals surface area (Å²) in [5.41, 5.74) is 5.21. The summed E-state index contributed by atoms with van der Waals surface area (Å²) >= 11 is 0. The van der Waals surface area contributed by atoms with E-state index in [9.17, 15) is 14.0 Å². The van der Waals surface area contributed by atoms with E-state index in [1.807, 2.05) is 32.9 Å². The van der Waals surface area contributed by atoms with Crippen molar-refractivity contribution in [3.63, 3.8) is 0 Å². The Bertz CT molecular complexity index is 1110. The number of hydrogen-bond donors (Lipinski definition) is 2. The zero-order valence-electron chi connectivity index (χ0n) is 17.6. The van der Waals surface area contributed by atoms with Crippen molar-refractivity contribution in [2.45, 2.75) is 41.2 Å². The molecule has 2 N–H and O–H groups in total. The number of aromatic nitrogens is 3. The molecule has 0 aliphatic rings. The summed E-state index contributed by atoms with van der Waals surface area (Å²) in [6.45, 7) is 9.02. The molecule has 2 aromatic carbocycles. The van der Waals surface area contributed by atoms with Crippen molar-refractivity contribution in [3.8, 4) is 0 Å². The highest BCUT2D eigenvalue weighted by Crippen LogP contribution is 2.23. The minimum atomic E-state index is -0.400. The molecule has 156 valence electrons. The molecule has 3 rings (SSSR count). The van der Waals surface area contributed by atoms with Gasteiger partial charge in [-0.1, -0.05) is 29.0 Å². The van der Waals surface area contributed by atoms with Crippen molar-refractivity contribution in [3.05, 3.63) is 69.8 Å². The number of carbonyl (C=O) groups is 2. The van der Waals surface area contributed by atoms with Crippen molar-refractivity contribution in [1.29, 1.82) is 0 Å². The number of aryl methyl sites for hydroxylation is 4. The van der Waals surface area contributed by atoms with Crippen LogP contribution in [0.1, 0.15) is 38.4 Å². The molecule has 1 aromatic heterocycles. The predicted octanol–water partition coefficient (Wildman–Crippen LogP) is 3.85. The number of hydrogen-bond acceptors (Lipinski definition) is 4. The van der Waals surface area contributed by atoms with Crippen LogP contribution < -0.4 is 10.6 Å². The number of nitrogens with one attached hydrogen (secondary N) is 2. The summed E-state index contributed by atoms with van der Waals surface area (Å²) in [7, 11) is 0. The minimum absolute atomic E-state index is 0.142. The Balaban J connectivity index is 1.71. The molecule has 3 aromatic rings. The third kappa shape index (κ3) is 4.53. The van der Waals surface area contributed by atoms with Gasteiger partial charge >= 0.3 is 0 Å². The van der Waals surface area contributed by atoms with E-state index in [-0.39, 0.29) is 12.2 Å². The van der Waals surface area contributed by atoms with Gasteiger partial charge in [0.1, 0.15) is 12.4 Å². The van der Waals surface area contributed by atoms with Gasteiger partial charge in [0.25, 0.3) is 5.91 Å². The fourth-order valence-electron chi connectivity index (χ4n) is 3.28. The van der Waals surface area contributed by atoms with Crippen LogP contribution in [0.5, 0.6) is 0 Å². The Labute approximate surface area is 174 Å². The van der Waals surface area contributed by atoms with Crippen LogP contribution in [0.4, 0.5) is 15.8 Å². The molecule has 0 aliphatic carbocycles. The smallest absolute Gasteiger partial charge is 0.278 e. The van der Waals surface area contributed by atoms with Gasteiger partial charge in [0, 0.05) is 11.4 Å². The van der Waals surface area contributed by atoms with Crippen molar-refractivity contribution in [2.24, 2.45) is 0 Å². The first kappa shape index (κ1) is 21.2. The van der Waals surface area contributed by atoms with Gasteiger partial charge in [0.05, 0.1) is 5.69 Å². The van der Waals surface area contributed by atoms with E-state index in [1.54, 1.807) is 26.0 Å². The van der Waals surface area contributed by atoms with E-state index < -0.39 is 17.6 Å². The summed E-state index contributed by atoms with van der Waals surface area (Å²) in [5.74, 6) is -1.19. The molecule has 0 unspecified atom stereocenters. The Kier molecular flexibility index (Phi) is 5.96. The molecule has 2 amide bonds. The maximum absolute atomic E-state index is 13.6. The fraction of sp³-hybridized carbons (Fsp3) is 0.273. The van der Waals surface area contributed by atoms with Crippen LogP contribution in [-0.4, -0.2) is 26.8 Å². The Morgan fingerprint density at radius 1 is 0.967 bits per heavy atom. The molecule has 30 heavy (non-hydrogen) atoms. The summed E-state index contributed by atoms with van der Waals surface area (Å²) in [6, 6.07) is 8.44. The summed E-state index contributed by atoms with van der Waals surface area (Å²) in [4.78, 5) is 25.0. The van der Waals surface area contributed by atoms with Gasteiger partial charge in [0.15, 0.2) is 5.69 Å². The van der Waals surface area contributed by atoms with Crippen LogP contribution in [0.25, 0.3) is 0 Å². The summed E-state index contributed by atoms with van der Waals surface area (Å²) in [5, 5.41) is 13.4. The molecular weight excluding hydrogens is 385 g/mol. The van der Waals surface area contributed by atoms with Crippen LogP contribution in [-0.2, 0) is 11.3 Å². The van der Waals surface area contributed by atoms with Crippen LogP contribution in [0.15, 0.2) is 30.3 Å². The number of amides is 2. The number of nitrogens with zero attached hydrogens (tertiary/aromatic N) is 3. The van der Waals surface area contributed by atoms with Crippen molar-refractivity contribution in [1.82, 2.24) is 15.0 Å². The standard InChI is InChI=1S/C22H24FN5O2/c1-12-8-14(3)20(15(4)9-12)25-22(30)21-16(5)28(27-26-21)11-19(29)24-17-7-6-13(2)18(23)10-17/h6-10H,11H2,1-5H3,(H,24,29)(H,25,30). The zero-order chi connectivity index (χ0) is 22.0. The minimum Gasteiger partial charge on any atom is -0.324 e. The van der Waals surface area contributed by atoms with Gasteiger partial charge in [-0.2, -0.15) is 0 Å². The lowest BCUT2D eigenvalue weighted by atomic mass is 10.0. The lowest BCUT2D eigenvalue weighted by Gasteiger charge is -2.12. The Morgan fingerprint density at radius 2 is 1.63 bits per heavy atom. The second-order valence-electron chi connectivity index (χ2n) is 7.42. The van der Waals surface area contributed by atoms with E-state index in [2.05, 4.69) is 20.9 Å². The quantitative estimate of drug-likeness (QED) is 0.670. The first-order chi connectivity index (χ1) is 14.2. The van der Waals surface area contributed by atoms with Crippen LogP contribution in [0.2, 0.25) is 0 Å². The molecule has 0 fully saturated rings. The number of rotatable bonds is 5. The first-order valence-electron chi connectivity index (χ1n) is 9.51. The summed E-state index contributed by atoms with van der Waals surface area (Å²) in [6.07, 6.45) is 0. The number of benzene rings is 2. The molecule has 0 saturated heterocycles. The van der Waals surface area contributed by atoms with Gasteiger partial charge < -0.3 is 10.6 Å². The van der Waals surface area contributed by atoms with Crippen molar-refractivity contribution >= 4 is 23.2 Å². The van der Waals surface area contributed by atoms with Crippen molar-refractivity contribution < 1.29 is 14.0 Å². The molecule has 8 heteroatoms. The second-order valence-corrected chi connectivity index (χ2v) is 7.42. The average molecular weight is 409 g/mol. The second kappa shape index (κ2) is 8.44. The highest BCUT2D eigenvalue weighted by atomic mass is 19.1. The monoisotopic (exact) mass is 409 g/mol. The van der Waals surface area contributed by atoms with E-state index >= 15 is 0 Å². The van der Waals surface area contributed by atoms with Crippen LogP contribution in [0, 0.1) is 40.4 Å². The number of halogens is 1. The van der Waals surface area contributed by atoms with Gasteiger partial charge in [-0.05, 0) is 63.4 Å². The maximum atomic E-state index is 13.6. The topological polar surface area (TPSA) is 88.9 Å². The zero-order valence-corrected chi connectivity index (χ0v) is 17.6. The predicted molar refractivity (Wildman–Crippen MR) is 113 cm³/mol. The average Bonchev–Trinajstić information content (AvgIpc) is 3.01. The van der Waals surface area contributed by atoms with E-state index in [1.165, 1.54) is 10.7 Å². The third-order valence-electron chi connectivity index (χ3n) is 4.86. The number of carbonyl (C=O) groups excluding carboxylic acids is 2. The number of anilines is 2. The van der Waals surface area contributed by atoms with Crippen molar-refractivity contribution in [2.75, 3.05) is 10.6 Å². The maximum Gasteiger partial charge on any atom is 0.278 e. The van der Waals surface area contributed by atoms with Gasteiger partial charge in [-0.3, -0.25) is 9.59 Å². The highest BCUT2D eigenvalue weighted by Gasteiger charge is 2.19. The molecule has 7 nitrogen and oxygen atoms in total. The molecule has 1 heterocycles. The third-order valence-corrected chi connectivity index (χ3v) is 4.86. The van der Waals surface area contributed by atoms with E-state index in [0.717, 1.165) is 22.4 Å². The lowest BCUT2D eigenvalue weighted by Crippen LogP contribution is -2.21. The molecule has 0 aliphatic heterocycles. The molecule has 0 spiro atoms. The van der Waals surface area contributed by atoms with Crippen LogP contribution in [0.3, 0.4) is 0 Å². The van der Waals surface area contributed by atoms with E-state index in [4.69, 9.17) is 0 Å². The molecule has 0 bridgehead atoms. The highest BCUT2D eigenvalue weighted by molar-refractivity contribution is 6.04. The van der Waals surface area contributed by atoms with Gasteiger partial charge in [-0.15, -0.1) is 5.10 Å². The van der Waals surface area contributed by atoms with Gasteiger partial charge in [0.2, 0.25) is 5.91 Å². The molecule has 0 saturated carbocycles. The first-order valence-corrected chi connectivity index (χ1v) is 9.51. The van der Waals surface area contributed by atoms with E-state index in [0.29, 0.717) is 16.9 Å². The Morgan fingerprint density at radius 3 is 2.27 bits per heavy atom. The largest absolute Gasteiger partial charge is 0.324 e. The molecular formula is C22H24FN5O2. The summed E-state index contributed by atoms with van der Waals surface area (Å²) < 4.78 is 15.0. The van der Waals surface area contributed by atoms with Crippen LogP contribution >= 0.6 is 0 Å². The molecule has 0 atom stereocenters. The Hall–Kier alpha value is -3.55.